The van der Waals surface area contributed by atoms with Gasteiger partial charge in [-0.2, -0.15) is 0 Å². The summed E-state index contributed by atoms with van der Waals surface area (Å²) in [5.74, 6) is 0.211. The molecule has 1 N–H and O–H groups in total. The molecule has 1 atom stereocenters. The summed E-state index contributed by atoms with van der Waals surface area (Å²) in [4.78, 5) is 14.0. The standard InChI is InChI=1S/C14H20N2O/c1-11-4-6-13(7-5-11)10-16-9-3-8-15-12(2)14(16)17/h4-7,12,15H,3,8-10H2,1-2H3. The van der Waals surface area contributed by atoms with E-state index in [1.807, 2.05) is 11.8 Å². The van der Waals surface area contributed by atoms with Crippen LogP contribution >= 0.6 is 0 Å². The third-order valence-corrected chi connectivity index (χ3v) is 3.23. The van der Waals surface area contributed by atoms with Gasteiger partial charge >= 0.3 is 0 Å². The van der Waals surface area contributed by atoms with E-state index < -0.39 is 0 Å². The quantitative estimate of drug-likeness (QED) is 0.842. The van der Waals surface area contributed by atoms with Crippen molar-refractivity contribution in [2.45, 2.75) is 32.9 Å². The normalized spacial score (nSPS) is 21.4. The highest BCUT2D eigenvalue weighted by atomic mass is 16.2. The highest BCUT2D eigenvalue weighted by Crippen LogP contribution is 2.10. The van der Waals surface area contributed by atoms with Crippen LogP contribution in [0.4, 0.5) is 0 Å². The Labute approximate surface area is 103 Å². The first kappa shape index (κ1) is 12.1. The Morgan fingerprint density at radius 1 is 1.35 bits per heavy atom. The van der Waals surface area contributed by atoms with Gasteiger partial charge in [0.2, 0.25) is 5.91 Å². The SMILES string of the molecule is Cc1ccc(CN2CCCNC(C)C2=O)cc1. The third-order valence-electron chi connectivity index (χ3n) is 3.23. The van der Waals surface area contributed by atoms with Gasteiger partial charge in [-0.15, -0.1) is 0 Å². The van der Waals surface area contributed by atoms with E-state index in [1.165, 1.54) is 11.1 Å². The lowest BCUT2D eigenvalue weighted by molar-refractivity contribution is -0.132. The lowest BCUT2D eigenvalue weighted by atomic mass is 10.1. The molecule has 0 radical (unpaired) electrons. The molecule has 0 spiro atoms. The Balaban J connectivity index is 2.06. The molecule has 1 aliphatic heterocycles. The summed E-state index contributed by atoms with van der Waals surface area (Å²) in [6.07, 6.45) is 1.03. The zero-order valence-electron chi connectivity index (χ0n) is 10.6. The molecule has 1 aromatic rings. The first-order chi connectivity index (χ1) is 8.16. The molecule has 0 saturated carbocycles. The van der Waals surface area contributed by atoms with E-state index in [0.29, 0.717) is 0 Å². The molecule has 1 saturated heterocycles. The van der Waals surface area contributed by atoms with Crippen LogP contribution in [0.25, 0.3) is 0 Å². The van der Waals surface area contributed by atoms with Gasteiger partial charge in [0.1, 0.15) is 0 Å². The molecule has 0 bridgehead atoms. The van der Waals surface area contributed by atoms with Crippen molar-refractivity contribution >= 4 is 5.91 Å². The monoisotopic (exact) mass is 232 g/mol. The molecule has 17 heavy (non-hydrogen) atoms. The van der Waals surface area contributed by atoms with E-state index >= 15 is 0 Å². The number of carbonyl (C=O) groups is 1. The summed E-state index contributed by atoms with van der Waals surface area (Å²) in [6.45, 7) is 6.52. The van der Waals surface area contributed by atoms with Crippen molar-refractivity contribution < 1.29 is 4.79 Å². The van der Waals surface area contributed by atoms with Crippen molar-refractivity contribution in [3.05, 3.63) is 35.4 Å². The fourth-order valence-corrected chi connectivity index (χ4v) is 2.13. The minimum atomic E-state index is -0.0528. The van der Waals surface area contributed by atoms with E-state index in [4.69, 9.17) is 0 Å². The lowest BCUT2D eigenvalue weighted by Crippen LogP contribution is -2.41. The van der Waals surface area contributed by atoms with E-state index in [0.717, 1.165) is 26.1 Å². The highest BCUT2D eigenvalue weighted by molar-refractivity contribution is 5.81. The Morgan fingerprint density at radius 3 is 2.76 bits per heavy atom. The van der Waals surface area contributed by atoms with Crippen molar-refractivity contribution in [1.82, 2.24) is 10.2 Å². The average molecular weight is 232 g/mol. The second-order valence-corrected chi connectivity index (χ2v) is 4.77. The molecule has 0 aromatic heterocycles. The second kappa shape index (κ2) is 5.32. The minimum absolute atomic E-state index is 0.0528. The average Bonchev–Trinajstić information content (AvgIpc) is 2.48. The maximum atomic E-state index is 12.1. The third kappa shape index (κ3) is 3.07. The Morgan fingerprint density at radius 2 is 2.06 bits per heavy atom. The second-order valence-electron chi connectivity index (χ2n) is 4.77. The van der Waals surface area contributed by atoms with Crippen LogP contribution in [0.2, 0.25) is 0 Å². The molecule has 2 rings (SSSR count). The number of benzene rings is 1. The molecule has 1 unspecified atom stereocenters. The lowest BCUT2D eigenvalue weighted by Gasteiger charge is -2.22. The van der Waals surface area contributed by atoms with Crippen LogP contribution in [0.15, 0.2) is 24.3 Å². The Hall–Kier alpha value is -1.35. The Bertz CT molecular complexity index is 386. The van der Waals surface area contributed by atoms with Crippen molar-refractivity contribution in [3.63, 3.8) is 0 Å². The van der Waals surface area contributed by atoms with Crippen LogP contribution < -0.4 is 5.32 Å². The number of nitrogens with zero attached hydrogens (tertiary/aromatic N) is 1. The van der Waals surface area contributed by atoms with Crippen LogP contribution in [0, 0.1) is 6.92 Å². The topological polar surface area (TPSA) is 32.3 Å². The van der Waals surface area contributed by atoms with Crippen molar-refractivity contribution in [3.8, 4) is 0 Å². The highest BCUT2D eigenvalue weighted by Gasteiger charge is 2.22. The molecule has 1 heterocycles. The molecule has 1 aromatic carbocycles. The maximum Gasteiger partial charge on any atom is 0.239 e. The van der Waals surface area contributed by atoms with Gasteiger partial charge in [-0.25, -0.2) is 0 Å². The number of rotatable bonds is 2. The Kier molecular flexibility index (Phi) is 3.79. The number of nitrogens with one attached hydrogen (secondary N) is 1. The molecule has 1 aliphatic rings. The molecular weight excluding hydrogens is 212 g/mol. The van der Waals surface area contributed by atoms with Gasteiger partial charge in [-0.1, -0.05) is 29.8 Å². The summed E-state index contributed by atoms with van der Waals surface area (Å²) in [7, 11) is 0. The first-order valence-electron chi connectivity index (χ1n) is 6.24. The molecule has 3 nitrogen and oxygen atoms in total. The number of aryl methyl sites for hydroxylation is 1. The summed E-state index contributed by atoms with van der Waals surface area (Å²) in [5, 5.41) is 3.23. The van der Waals surface area contributed by atoms with E-state index in [1.54, 1.807) is 0 Å². The fourth-order valence-electron chi connectivity index (χ4n) is 2.13. The summed E-state index contributed by atoms with van der Waals surface area (Å²) in [5.41, 5.74) is 2.46. The first-order valence-corrected chi connectivity index (χ1v) is 6.24. The van der Waals surface area contributed by atoms with E-state index in [2.05, 4.69) is 36.5 Å². The van der Waals surface area contributed by atoms with Gasteiger partial charge in [0.25, 0.3) is 0 Å². The largest absolute Gasteiger partial charge is 0.337 e. The molecule has 0 aliphatic carbocycles. The number of hydrogen-bond acceptors (Lipinski definition) is 2. The van der Waals surface area contributed by atoms with Crippen LogP contribution in [-0.2, 0) is 11.3 Å². The van der Waals surface area contributed by atoms with Crippen LogP contribution in [0.3, 0.4) is 0 Å². The molecule has 1 fully saturated rings. The zero-order chi connectivity index (χ0) is 12.3. The van der Waals surface area contributed by atoms with Crippen molar-refractivity contribution in [1.29, 1.82) is 0 Å². The molecular formula is C14H20N2O. The molecule has 3 heteroatoms. The fraction of sp³-hybridized carbons (Fsp3) is 0.500. The molecule has 92 valence electrons. The summed E-state index contributed by atoms with van der Waals surface area (Å²) < 4.78 is 0. The number of amides is 1. The number of carbonyl (C=O) groups excluding carboxylic acids is 1. The van der Waals surface area contributed by atoms with Gasteiger partial charge < -0.3 is 10.2 Å². The zero-order valence-corrected chi connectivity index (χ0v) is 10.6. The van der Waals surface area contributed by atoms with Gasteiger partial charge in [-0.3, -0.25) is 4.79 Å². The van der Waals surface area contributed by atoms with Gasteiger partial charge in [-0.05, 0) is 32.4 Å². The van der Waals surface area contributed by atoms with Crippen molar-refractivity contribution in [2.24, 2.45) is 0 Å². The van der Waals surface area contributed by atoms with Crippen LogP contribution in [0.1, 0.15) is 24.5 Å². The smallest absolute Gasteiger partial charge is 0.239 e. The molecule has 1 amide bonds. The summed E-state index contributed by atoms with van der Waals surface area (Å²) in [6, 6.07) is 8.35. The summed E-state index contributed by atoms with van der Waals surface area (Å²) >= 11 is 0. The van der Waals surface area contributed by atoms with Crippen molar-refractivity contribution in [2.75, 3.05) is 13.1 Å². The van der Waals surface area contributed by atoms with Crippen LogP contribution in [0.5, 0.6) is 0 Å². The predicted octanol–water partition coefficient (Wildman–Crippen LogP) is 1.71. The number of hydrogen-bond donors (Lipinski definition) is 1. The van der Waals surface area contributed by atoms with E-state index in [-0.39, 0.29) is 11.9 Å². The minimum Gasteiger partial charge on any atom is -0.337 e. The maximum absolute atomic E-state index is 12.1. The van der Waals surface area contributed by atoms with E-state index in [9.17, 15) is 4.79 Å². The van der Waals surface area contributed by atoms with Gasteiger partial charge in [0.15, 0.2) is 0 Å². The van der Waals surface area contributed by atoms with Gasteiger partial charge in [0.05, 0.1) is 6.04 Å². The predicted molar refractivity (Wildman–Crippen MR) is 68.7 cm³/mol. The van der Waals surface area contributed by atoms with Gasteiger partial charge in [0, 0.05) is 13.1 Å². The van der Waals surface area contributed by atoms with Crippen LogP contribution in [-0.4, -0.2) is 29.9 Å².